The Morgan fingerprint density at radius 2 is 2.54 bits per heavy atom. The van der Waals surface area contributed by atoms with Gasteiger partial charge in [0.05, 0.1) is 11.7 Å². The highest BCUT2D eigenvalue weighted by atomic mass is 16.4. The molecule has 1 unspecified atom stereocenters. The highest BCUT2D eigenvalue weighted by Gasteiger charge is 2.12. The van der Waals surface area contributed by atoms with Crippen LogP contribution >= 0.6 is 0 Å². The molecule has 3 N–H and O–H groups in total. The van der Waals surface area contributed by atoms with Gasteiger partial charge in [-0.05, 0) is 13.3 Å². The summed E-state index contributed by atoms with van der Waals surface area (Å²) in [6.07, 6.45) is 2.05. The van der Waals surface area contributed by atoms with E-state index in [1.165, 1.54) is 6.26 Å². The number of aromatic nitrogens is 1. The fourth-order valence-corrected chi connectivity index (χ4v) is 0.795. The Kier molecular flexibility index (Phi) is 3.02. The van der Waals surface area contributed by atoms with Crippen LogP contribution in [0, 0.1) is 6.92 Å². The first-order valence-corrected chi connectivity index (χ1v) is 4.12. The zero-order valence-electron chi connectivity index (χ0n) is 7.70. The molecule has 0 bridgehead atoms. The third kappa shape index (κ3) is 2.55. The van der Waals surface area contributed by atoms with Crippen LogP contribution < -0.4 is 11.1 Å². The van der Waals surface area contributed by atoms with E-state index in [1.807, 2.05) is 6.92 Å². The van der Waals surface area contributed by atoms with Crippen molar-refractivity contribution in [3.8, 4) is 0 Å². The molecule has 0 saturated carbocycles. The van der Waals surface area contributed by atoms with E-state index < -0.39 is 6.04 Å². The van der Waals surface area contributed by atoms with Crippen molar-refractivity contribution in [2.24, 2.45) is 5.73 Å². The Morgan fingerprint density at radius 1 is 1.85 bits per heavy atom. The second-order valence-electron chi connectivity index (χ2n) is 2.80. The second-order valence-corrected chi connectivity index (χ2v) is 2.80. The molecule has 1 atom stereocenters. The summed E-state index contributed by atoms with van der Waals surface area (Å²) < 4.78 is 4.93. The molecule has 5 heteroatoms. The van der Waals surface area contributed by atoms with Gasteiger partial charge in [-0.3, -0.25) is 10.1 Å². The molecule has 0 radical (unpaired) electrons. The fourth-order valence-electron chi connectivity index (χ4n) is 0.795. The van der Waals surface area contributed by atoms with Gasteiger partial charge in [-0.1, -0.05) is 6.92 Å². The van der Waals surface area contributed by atoms with Gasteiger partial charge in [-0.25, -0.2) is 0 Å². The van der Waals surface area contributed by atoms with Crippen molar-refractivity contribution in [1.29, 1.82) is 0 Å². The lowest BCUT2D eigenvalue weighted by Gasteiger charge is -2.05. The first-order valence-electron chi connectivity index (χ1n) is 4.12. The Bertz CT molecular complexity index is 295. The molecule has 1 aromatic rings. The predicted octanol–water partition coefficient (Wildman–Crippen LogP) is 0.659. The van der Waals surface area contributed by atoms with Crippen molar-refractivity contribution in [3.05, 3.63) is 12.0 Å². The van der Waals surface area contributed by atoms with Gasteiger partial charge < -0.3 is 10.2 Å². The SMILES string of the molecule is CCC(N)C(=O)Nc1nc(C)co1. The van der Waals surface area contributed by atoms with Crippen LogP contribution in [0.2, 0.25) is 0 Å². The van der Waals surface area contributed by atoms with Crippen molar-refractivity contribution in [3.63, 3.8) is 0 Å². The molecule has 5 nitrogen and oxygen atoms in total. The quantitative estimate of drug-likeness (QED) is 0.721. The first kappa shape index (κ1) is 9.73. The third-order valence-electron chi connectivity index (χ3n) is 1.63. The normalized spacial score (nSPS) is 12.5. The Balaban J connectivity index is 2.54. The highest BCUT2D eigenvalue weighted by Crippen LogP contribution is 2.06. The Hall–Kier alpha value is -1.36. The van der Waals surface area contributed by atoms with E-state index >= 15 is 0 Å². The van der Waals surface area contributed by atoms with E-state index in [1.54, 1.807) is 6.92 Å². The summed E-state index contributed by atoms with van der Waals surface area (Å²) in [5, 5.41) is 2.47. The molecule has 1 amide bonds. The van der Waals surface area contributed by atoms with Crippen LogP contribution in [0.15, 0.2) is 10.7 Å². The summed E-state index contributed by atoms with van der Waals surface area (Å²) in [6.45, 7) is 3.62. The lowest BCUT2D eigenvalue weighted by Crippen LogP contribution is -2.34. The number of carbonyl (C=O) groups is 1. The predicted molar refractivity (Wildman–Crippen MR) is 48.1 cm³/mol. The number of rotatable bonds is 3. The number of nitrogens with zero attached hydrogens (tertiary/aromatic N) is 1. The minimum atomic E-state index is -0.507. The number of nitrogens with two attached hydrogens (primary N) is 1. The molecule has 0 fully saturated rings. The Morgan fingerprint density at radius 3 is 3.00 bits per heavy atom. The molecule has 0 aliphatic carbocycles. The number of anilines is 1. The number of hydrogen-bond acceptors (Lipinski definition) is 4. The summed E-state index contributed by atoms with van der Waals surface area (Å²) >= 11 is 0. The molecule has 72 valence electrons. The zero-order chi connectivity index (χ0) is 9.84. The summed E-state index contributed by atoms with van der Waals surface area (Å²) in [5.41, 5.74) is 6.21. The largest absolute Gasteiger partial charge is 0.432 e. The van der Waals surface area contributed by atoms with E-state index in [0.717, 1.165) is 5.69 Å². The monoisotopic (exact) mass is 183 g/mol. The molecule has 13 heavy (non-hydrogen) atoms. The number of nitrogens with one attached hydrogen (secondary N) is 1. The summed E-state index contributed by atoms with van der Waals surface area (Å²) in [5.74, 6) is -0.274. The molecule has 1 aromatic heterocycles. The number of aryl methyl sites for hydroxylation is 1. The fraction of sp³-hybridized carbons (Fsp3) is 0.500. The highest BCUT2D eigenvalue weighted by molar-refractivity contribution is 5.92. The van der Waals surface area contributed by atoms with Crippen LogP contribution in [0.3, 0.4) is 0 Å². The average molecular weight is 183 g/mol. The van der Waals surface area contributed by atoms with E-state index in [-0.39, 0.29) is 11.9 Å². The van der Waals surface area contributed by atoms with Crippen LogP contribution in [-0.2, 0) is 4.79 Å². The molecule has 1 heterocycles. The van der Waals surface area contributed by atoms with Gasteiger partial charge >= 0.3 is 6.01 Å². The van der Waals surface area contributed by atoms with Crippen molar-refractivity contribution in [1.82, 2.24) is 4.98 Å². The molecule has 0 aliphatic rings. The van der Waals surface area contributed by atoms with Crippen LogP contribution in [0.25, 0.3) is 0 Å². The average Bonchev–Trinajstić information content (AvgIpc) is 2.49. The van der Waals surface area contributed by atoms with Crippen LogP contribution in [-0.4, -0.2) is 16.9 Å². The first-order chi connectivity index (χ1) is 6.13. The zero-order valence-corrected chi connectivity index (χ0v) is 7.70. The van der Waals surface area contributed by atoms with Gasteiger partial charge in [0, 0.05) is 0 Å². The Labute approximate surface area is 76.3 Å². The van der Waals surface area contributed by atoms with Crippen LogP contribution in [0.1, 0.15) is 19.0 Å². The maximum Gasteiger partial charge on any atom is 0.301 e. The van der Waals surface area contributed by atoms with Gasteiger partial charge in [-0.2, -0.15) is 4.98 Å². The van der Waals surface area contributed by atoms with Gasteiger partial charge in [0.1, 0.15) is 6.26 Å². The van der Waals surface area contributed by atoms with E-state index in [9.17, 15) is 4.79 Å². The van der Waals surface area contributed by atoms with Gasteiger partial charge in [0.25, 0.3) is 0 Å². The van der Waals surface area contributed by atoms with Crippen molar-refractivity contribution >= 4 is 11.9 Å². The van der Waals surface area contributed by atoms with Crippen molar-refractivity contribution in [2.75, 3.05) is 5.32 Å². The van der Waals surface area contributed by atoms with Crippen LogP contribution in [0.5, 0.6) is 0 Å². The minimum absolute atomic E-state index is 0.200. The molecular formula is C8H13N3O2. The molecule has 0 saturated heterocycles. The molecule has 0 aliphatic heterocycles. The van der Waals surface area contributed by atoms with E-state index in [2.05, 4.69) is 10.3 Å². The standard InChI is InChI=1S/C8H13N3O2/c1-3-6(9)7(12)11-8-10-5(2)4-13-8/h4,6H,3,9H2,1-2H3,(H,10,11,12). The second kappa shape index (κ2) is 4.04. The lowest BCUT2D eigenvalue weighted by molar-refractivity contribution is -0.117. The maximum atomic E-state index is 11.2. The topological polar surface area (TPSA) is 81.2 Å². The van der Waals surface area contributed by atoms with E-state index in [4.69, 9.17) is 10.2 Å². The number of carbonyl (C=O) groups excluding carboxylic acids is 1. The van der Waals surface area contributed by atoms with Crippen molar-refractivity contribution < 1.29 is 9.21 Å². The summed E-state index contributed by atoms with van der Waals surface area (Å²) in [4.78, 5) is 15.1. The van der Waals surface area contributed by atoms with E-state index in [0.29, 0.717) is 6.42 Å². The minimum Gasteiger partial charge on any atom is -0.432 e. The van der Waals surface area contributed by atoms with Crippen molar-refractivity contribution in [2.45, 2.75) is 26.3 Å². The van der Waals surface area contributed by atoms with Gasteiger partial charge in [0.2, 0.25) is 5.91 Å². The molecule has 1 rings (SSSR count). The molecular weight excluding hydrogens is 170 g/mol. The summed E-state index contributed by atoms with van der Waals surface area (Å²) in [6, 6.07) is -0.307. The lowest BCUT2D eigenvalue weighted by atomic mass is 10.2. The third-order valence-corrected chi connectivity index (χ3v) is 1.63. The smallest absolute Gasteiger partial charge is 0.301 e. The summed E-state index contributed by atoms with van der Waals surface area (Å²) in [7, 11) is 0. The van der Waals surface area contributed by atoms with Gasteiger partial charge in [0.15, 0.2) is 0 Å². The van der Waals surface area contributed by atoms with Gasteiger partial charge in [-0.15, -0.1) is 0 Å². The number of oxazole rings is 1. The number of amides is 1. The molecule has 0 aromatic carbocycles. The maximum absolute atomic E-state index is 11.2. The van der Waals surface area contributed by atoms with Crippen LogP contribution in [0.4, 0.5) is 6.01 Å². The molecule has 0 spiro atoms. The number of hydrogen-bond donors (Lipinski definition) is 2.